The van der Waals surface area contributed by atoms with E-state index in [4.69, 9.17) is 28.9 Å². The van der Waals surface area contributed by atoms with Crippen molar-refractivity contribution in [3.05, 3.63) is 32.8 Å². The van der Waals surface area contributed by atoms with Crippen molar-refractivity contribution in [2.45, 2.75) is 25.7 Å². The highest BCUT2D eigenvalue weighted by Crippen LogP contribution is 2.17. The molecule has 0 fully saturated rings. The predicted molar refractivity (Wildman–Crippen MR) is 83.6 cm³/mol. The van der Waals surface area contributed by atoms with Gasteiger partial charge in [-0.3, -0.25) is 5.73 Å². The number of aliphatic carboxylic acids is 1. The Morgan fingerprint density at radius 2 is 2.20 bits per heavy atom. The van der Waals surface area contributed by atoms with Gasteiger partial charge in [-0.1, -0.05) is 30.1 Å². The van der Waals surface area contributed by atoms with E-state index < -0.39 is 18.3 Å². The Kier molecular flexibility index (Phi) is 5.82. The quantitative estimate of drug-likeness (QED) is 0.826. The molecule has 1 aliphatic rings. The number of benzene rings is 1. The third kappa shape index (κ3) is 3.09. The highest BCUT2D eigenvalue weighted by Gasteiger charge is 2.27. The fourth-order valence-electron chi connectivity index (χ4n) is 2.01. The molecule has 5 nitrogen and oxygen atoms in total. The van der Waals surface area contributed by atoms with Gasteiger partial charge in [0.15, 0.2) is 6.29 Å². The standard InChI is InChI=1S/C12H13Cl2N3O2.BrH/c1-2-9(11(18)19)17-5-6-8(16-12(17)15)4-3-7(13)10(6)14;/h3-5,9,12H,2,15H2,1H3,(H,18,19);1H. The van der Waals surface area contributed by atoms with Crippen LogP contribution in [0.25, 0.3) is 6.20 Å². The van der Waals surface area contributed by atoms with Crippen molar-refractivity contribution in [1.29, 1.82) is 0 Å². The first kappa shape index (κ1) is 17.2. The Bertz CT molecular complexity index is 638. The SMILES string of the molecule is Br.CCC(C(=O)O)N1C=c2c(Cl)c(Cl)ccc2=NC1N. The molecule has 2 atom stereocenters. The van der Waals surface area contributed by atoms with Crippen LogP contribution in [0.15, 0.2) is 17.1 Å². The second-order valence-corrected chi connectivity index (χ2v) is 4.96. The number of hydrogen-bond acceptors (Lipinski definition) is 4. The number of carbonyl (C=O) groups is 1. The number of carboxylic acid groups (broad SMARTS) is 1. The third-order valence-corrected chi connectivity index (χ3v) is 3.82. The first-order valence-corrected chi connectivity index (χ1v) is 6.50. The summed E-state index contributed by atoms with van der Waals surface area (Å²) < 4.78 is 0. The van der Waals surface area contributed by atoms with Crippen LogP contribution in [0.4, 0.5) is 0 Å². The molecule has 0 saturated heterocycles. The molecule has 2 unspecified atom stereocenters. The topological polar surface area (TPSA) is 78.9 Å². The lowest BCUT2D eigenvalue weighted by molar-refractivity contribution is -0.142. The van der Waals surface area contributed by atoms with Crippen LogP contribution in [-0.4, -0.2) is 28.3 Å². The van der Waals surface area contributed by atoms with E-state index in [0.29, 0.717) is 27.0 Å². The average Bonchev–Trinajstić information content (AvgIpc) is 2.36. The summed E-state index contributed by atoms with van der Waals surface area (Å²) in [5.74, 6) is -0.953. The molecule has 0 radical (unpaired) electrons. The van der Waals surface area contributed by atoms with Crippen LogP contribution in [0.1, 0.15) is 13.3 Å². The van der Waals surface area contributed by atoms with Gasteiger partial charge >= 0.3 is 5.97 Å². The van der Waals surface area contributed by atoms with Crippen molar-refractivity contribution < 1.29 is 9.90 Å². The van der Waals surface area contributed by atoms with Gasteiger partial charge in [0.05, 0.1) is 15.4 Å². The molecular formula is C12H14BrCl2N3O2. The smallest absolute Gasteiger partial charge is 0.326 e. The normalized spacial score (nSPS) is 18.2. The lowest BCUT2D eigenvalue weighted by Crippen LogP contribution is -2.52. The fraction of sp³-hybridized carbons (Fsp3) is 0.333. The zero-order chi connectivity index (χ0) is 14.2. The molecule has 1 aromatic rings. The number of carboxylic acids is 1. The van der Waals surface area contributed by atoms with E-state index >= 15 is 0 Å². The van der Waals surface area contributed by atoms with Gasteiger partial charge in [0, 0.05) is 11.4 Å². The van der Waals surface area contributed by atoms with Crippen molar-refractivity contribution in [1.82, 2.24) is 4.90 Å². The maximum absolute atomic E-state index is 11.2. The summed E-state index contributed by atoms with van der Waals surface area (Å²) in [4.78, 5) is 16.9. The van der Waals surface area contributed by atoms with Crippen LogP contribution >= 0.6 is 40.2 Å². The number of fused-ring (bicyclic) bond motifs is 1. The van der Waals surface area contributed by atoms with Crippen LogP contribution in [0.5, 0.6) is 0 Å². The van der Waals surface area contributed by atoms with E-state index in [0.717, 1.165) is 0 Å². The molecule has 20 heavy (non-hydrogen) atoms. The summed E-state index contributed by atoms with van der Waals surface area (Å²) in [5, 5.41) is 11.1. The molecular weight excluding hydrogens is 369 g/mol. The Balaban J connectivity index is 0.00000200. The van der Waals surface area contributed by atoms with Gasteiger partial charge in [-0.05, 0) is 18.6 Å². The van der Waals surface area contributed by atoms with Gasteiger partial charge in [-0.25, -0.2) is 9.79 Å². The molecule has 1 aliphatic heterocycles. The van der Waals surface area contributed by atoms with E-state index in [1.54, 1.807) is 25.3 Å². The van der Waals surface area contributed by atoms with Crippen LogP contribution in [0.2, 0.25) is 10.0 Å². The van der Waals surface area contributed by atoms with Crippen LogP contribution in [0.3, 0.4) is 0 Å². The van der Waals surface area contributed by atoms with Gasteiger partial charge < -0.3 is 10.0 Å². The Morgan fingerprint density at radius 3 is 2.75 bits per heavy atom. The molecule has 110 valence electrons. The highest BCUT2D eigenvalue weighted by molar-refractivity contribution is 8.93. The maximum Gasteiger partial charge on any atom is 0.326 e. The number of hydrogen-bond donors (Lipinski definition) is 2. The van der Waals surface area contributed by atoms with Gasteiger partial charge in [0.2, 0.25) is 0 Å². The molecule has 0 saturated carbocycles. The summed E-state index contributed by atoms with van der Waals surface area (Å²) in [6, 6.07) is 2.59. The minimum Gasteiger partial charge on any atom is -0.480 e. The molecule has 0 amide bonds. The van der Waals surface area contributed by atoms with E-state index in [2.05, 4.69) is 4.99 Å². The largest absolute Gasteiger partial charge is 0.480 e. The Hall–Kier alpha value is -0.820. The Morgan fingerprint density at radius 1 is 1.55 bits per heavy atom. The van der Waals surface area contributed by atoms with Crippen molar-refractivity contribution in [3.8, 4) is 0 Å². The summed E-state index contributed by atoms with van der Waals surface area (Å²) in [7, 11) is 0. The van der Waals surface area contributed by atoms with Crippen molar-refractivity contribution in [2.24, 2.45) is 10.7 Å². The molecule has 1 heterocycles. The molecule has 2 rings (SSSR count). The van der Waals surface area contributed by atoms with Gasteiger partial charge in [0.25, 0.3) is 0 Å². The molecule has 0 aromatic heterocycles. The molecule has 3 N–H and O–H groups in total. The van der Waals surface area contributed by atoms with E-state index in [-0.39, 0.29) is 17.0 Å². The number of halogens is 3. The van der Waals surface area contributed by atoms with Gasteiger partial charge in [-0.15, -0.1) is 17.0 Å². The molecule has 0 spiro atoms. The molecule has 8 heteroatoms. The molecule has 1 aromatic carbocycles. The van der Waals surface area contributed by atoms with Crippen LogP contribution < -0.4 is 16.3 Å². The minimum atomic E-state index is -0.953. The second kappa shape index (κ2) is 6.76. The monoisotopic (exact) mass is 381 g/mol. The fourth-order valence-corrected chi connectivity index (χ4v) is 2.39. The highest BCUT2D eigenvalue weighted by atomic mass is 79.9. The first-order chi connectivity index (χ1) is 8.95. The Labute approximate surface area is 136 Å². The summed E-state index contributed by atoms with van der Waals surface area (Å²) in [6.07, 6.45) is 1.28. The zero-order valence-electron chi connectivity index (χ0n) is 10.6. The third-order valence-electron chi connectivity index (χ3n) is 3.00. The van der Waals surface area contributed by atoms with Crippen molar-refractivity contribution in [2.75, 3.05) is 0 Å². The van der Waals surface area contributed by atoms with Gasteiger partial charge in [-0.2, -0.15) is 0 Å². The number of rotatable bonds is 3. The van der Waals surface area contributed by atoms with Crippen molar-refractivity contribution >= 4 is 52.4 Å². The van der Waals surface area contributed by atoms with Crippen LogP contribution in [0, 0.1) is 0 Å². The lowest BCUT2D eigenvalue weighted by atomic mass is 10.1. The second-order valence-electron chi connectivity index (χ2n) is 4.18. The van der Waals surface area contributed by atoms with E-state index in [9.17, 15) is 9.90 Å². The summed E-state index contributed by atoms with van der Waals surface area (Å²) in [6.45, 7) is 1.77. The minimum absolute atomic E-state index is 0. The summed E-state index contributed by atoms with van der Waals surface area (Å²) in [5.41, 5.74) is 5.88. The van der Waals surface area contributed by atoms with E-state index in [1.807, 2.05) is 0 Å². The number of nitrogens with zero attached hydrogens (tertiary/aromatic N) is 2. The van der Waals surface area contributed by atoms with Crippen LogP contribution in [-0.2, 0) is 4.79 Å². The van der Waals surface area contributed by atoms with Gasteiger partial charge in [0.1, 0.15) is 6.04 Å². The summed E-state index contributed by atoms with van der Waals surface area (Å²) >= 11 is 12.1. The predicted octanol–water partition coefficient (Wildman–Crippen LogP) is 1.35. The number of nitrogens with two attached hydrogens (primary N) is 1. The maximum atomic E-state index is 11.2. The molecule has 0 bridgehead atoms. The zero-order valence-corrected chi connectivity index (χ0v) is 13.8. The average molecular weight is 383 g/mol. The van der Waals surface area contributed by atoms with Crippen molar-refractivity contribution in [3.63, 3.8) is 0 Å². The lowest BCUT2D eigenvalue weighted by Gasteiger charge is -2.31. The first-order valence-electron chi connectivity index (χ1n) is 5.75. The molecule has 0 aliphatic carbocycles. The van der Waals surface area contributed by atoms with E-state index in [1.165, 1.54) is 4.90 Å².